The smallest absolute Gasteiger partial charge is 0.353 e. The third-order valence-corrected chi connectivity index (χ3v) is 4.89. The average Bonchev–Trinajstić information content (AvgIpc) is 3.29. The van der Waals surface area contributed by atoms with Gasteiger partial charge in [0.1, 0.15) is 0 Å². The summed E-state index contributed by atoms with van der Waals surface area (Å²) in [6.45, 7) is 0. The number of benzene rings is 1. The highest BCUT2D eigenvalue weighted by atomic mass is 35.5. The summed E-state index contributed by atoms with van der Waals surface area (Å²) in [5.41, 5.74) is 5.79. The molecular weight excluding hydrogens is 341 g/mol. The Hall–Kier alpha value is -1.27. The lowest BCUT2D eigenvalue weighted by molar-refractivity contribution is -0.137. The number of hydrogen-bond acceptors (Lipinski definition) is 2. The first-order chi connectivity index (χ1) is 10.8. The lowest BCUT2D eigenvalue weighted by Crippen LogP contribution is -2.41. The van der Waals surface area contributed by atoms with Gasteiger partial charge in [0.25, 0.3) is 0 Å². The van der Waals surface area contributed by atoms with Crippen molar-refractivity contribution in [2.75, 3.05) is 0 Å². The molecule has 2 aliphatic rings. The second-order valence-corrected chi connectivity index (χ2v) is 6.69. The van der Waals surface area contributed by atoms with E-state index in [0.29, 0.717) is 12.0 Å². The first kappa shape index (κ1) is 19.1. The summed E-state index contributed by atoms with van der Waals surface area (Å²) in [6.07, 6.45) is -0.135. The zero-order valence-electron chi connectivity index (χ0n) is 13.2. The zero-order valence-corrected chi connectivity index (χ0v) is 14.0. The van der Waals surface area contributed by atoms with Gasteiger partial charge in [-0.3, -0.25) is 4.79 Å². The van der Waals surface area contributed by atoms with Crippen LogP contribution in [0.3, 0.4) is 0 Å². The molecule has 2 aliphatic carbocycles. The minimum atomic E-state index is -4.34. The molecule has 2 saturated carbocycles. The van der Waals surface area contributed by atoms with E-state index in [1.54, 1.807) is 6.07 Å². The van der Waals surface area contributed by atoms with Gasteiger partial charge in [-0.05, 0) is 49.7 Å². The van der Waals surface area contributed by atoms with Crippen LogP contribution < -0.4 is 11.1 Å². The monoisotopic (exact) mass is 362 g/mol. The van der Waals surface area contributed by atoms with Crippen molar-refractivity contribution in [2.45, 2.75) is 56.3 Å². The molecule has 2 atom stereocenters. The van der Waals surface area contributed by atoms with Gasteiger partial charge in [0.05, 0.1) is 5.56 Å². The largest absolute Gasteiger partial charge is 0.416 e. The standard InChI is InChI=1S/C17H21F3N2O.ClH/c18-17(19,20)11-3-1-2-10(8-11)14-9-15(14)16(23)22-13-6-4-12(21)5-7-13;/h1-3,8,12-15H,4-7,9,21H2,(H,22,23);1H. The number of amides is 1. The Kier molecular flexibility index (Phi) is 5.81. The minimum Gasteiger partial charge on any atom is -0.353 e. The molecule has 1 aromatic carbocycles. The summed E-state index contributed by atoms with van der Waals surface area (Å²) in [7, 11) is 0. The van der Waals surface area contributed by atoms with E-state index in [2.05, 4.69) is 5.32 Å². The summed E-state index contributed by atoms with van der Waals surface area (Å²) in [5, 5.41) is 3.03. The number of rotatable bonds is 3. The molecule has 0 saturated heterocycles. The molecular formula is C17H22ClF3N2O. The molecule has 2 unspecified atom stereocenters. The van der Waals surface area contributed by atoms with E-state index in [9.17, 15) is 18.0 Å². The molecule has 1 aromatic rings. The van der Waals surface area contributed by atoms with E-state index >= 15 is 0 Å². The van der Waals surface area contributed by atoms with Crippen LogP contribution in [0.5, 0.6) is 0 Å². The van der Waals surface area contributed by atoms with Gasteiger partial charge in [0.15, 0.2) is 0 Å². The van der Waals surface area contributed by atoms with Gasteiger partial charge in [-0.1, -0.05) is 18.2 Å². The van der Waals surface area contributed by atoms with Gasteiger partial charge >= 0.3 is 6.18 Å². The number of carbonyl (C=O) groups excluding carboxylic acids is 1. The quantitative estimate of drug-likeness (QED) is 0.863. The summed E-state index contributed by atoms with van der Waals surface area (Å²) in [5.74, 6) is -0.329. The topological polar surface area (TPSA) is 55.1 Å². The van der Waals surface area contributed by atoms with Gasteiger partial charge in [0, 0.05) is 18.0 Å². The molecule has 3 nitrogen and oxygen atoms in total. The van der Waals surface area contributed by atoms with Crippen LogP contribution >= 0.6 is 12.4 Å². The lowest BCUT2D eigenvalue weighted by atomic mass is 9.91. The van der Waals surface area contributed by atoms with Gasteiger partial charge in [-0.2, -0.15) is 13.2 Å². The van der Waals surface area contributed by atoms with Crippen LogP contribution in [0.2, 0.25) is 0 Å². The Morgan fingerprint density at radius 1 is 1.17 bits per heavy atom. The molecule has 3 N–H and O–H groups in total. The summed E-state index contributed by atoms with van der Waals surface area (Å²) in [4.78, 5) is 12.3. The fourth-order valence-electron chi connectivity index (χ4n) is 3.37. The number of alkyl halides is 3. The molecule has 0 radical (unpaired) electrons. The van der Waals surface area contributed by atoms with E-state index in [4.69, 9.17) is 5.73 Å². The number of hydrogen-bond donors (Lipinski definition) is 2. The fraction of sp³-hybridized carbons (Fsp3) is 0.588. The average molecular weight is 363 g/mol. The van der Waals surface area contributed by atoms with Crippen LogP contribution in [0.1, 0.15) is 49.1 Å². The van der Waals surface area contributed by atoms with E-state index in [1.807, 2.05) is 0 Å². The third-order valence-electron chi connectivity index (χ3n) is 4.89. The maximum absolute atomic E-state index is 12.8. The lowest BCUT2D eigenvalue weighted by Gasteiger charge is -2.26. The van der Waals surface area contributed by atoms with E-state index in [0.717, 1.165) is 37.8 Å². The maximum Gasteiger partial charge on any atom is 0.416 e. The molecule has 24 heavy (non-hydrogen) atoms. The van der Waals surface area contributed by atoms with Crippen molar-refractivity contribution >= 4 is 18.3 Å². The highest BCUT2D eigenvalue weighted by Gasteiger charge is 2.45. The second-order valence-electron chi connectivity index (χ2n) is 6.69. The first-order valence-electron chi connectivity index (χ1n) is 8.07. The molecule has 0 spiro atoms. The molecule has 0 bridgehead atoms. The van der Waals surface area contributed by atoms with Crippen LogP contribution in [0.4, 0.5) is 13.2 Å². The van der Waals surface area contributed by atoms with Crippen molar-refractivity contribution in [3.05, 3.63) is 35.4 Å². The Morgan fingerprint density at radius 2 is 1.83 bits per heavy atom. The van der Waals surface area contributed by atoms with Gasteiger partial charge in [-0.15, -0.1) is 12.4 Å². The Balaban J connectivity index is 0.00000208. The summed E-state index contributed by atoms with van der Waals surface area (Å²) < 4.78 is 38.3. The van der Waals surface area contributed by atoms with Crippen molar-refractivity contribution in [3.63, 3.8) is 0 Å². The van der Waals surface area contributed by atoms with Crippen LogP contribution in [0, 0.1) is 5.92 Å². The number of halogens is 4. The van der Waals surface area contributed by atoms with Crippen molar-refractivity contribution in [1.82, 2.24) is 5.32 Å². The number of nitrogens with one attached hydrogen (secondary N) is 1. The van der Waals surface area contributed by atoms with E-state index in [1.165, 1.54) is 6.07 Å². The normalized spacial score (nSPS) is 29.5. The number of carbonyl (C=O) groups is 1. The SMILES string of the molecule is Cl.NC1CCC(NC(=O)C2CC2c2cccc(C(F)(F)F)c2)CC1. The Labute approximate surface area is 145 Å². The zero-order chi connectivity index (χ0) is 16.6. The molecule has 0 heterocycles. The van der Waals surface area contributed by atoms with E-state index in [-0.39, 0.29) is 42.2 Å². The predicted octanol–water partition coefficient (Wildman–Crippen LogP) is 3.62. The van der Waals surface area contributed by atoms with Crippen LogP contribution in [-0.4, -0.2) is 18.0 Å². The molecule has 1 amide bonds. The van der Waals surface area contributed by atoms with Gasteiger partial charge < -0.3 is 11.1 Å². The molecule has 0 aliphatic heterocycles. The Morgan fingerprint density at radius 3 is 2.46 bits per heavy atom. The van der Waals surface area contributed by atoms with E-state index < -0.39 is 11.7 Å². The van der Waals surface area contributed by atoms with Crippen molar-refractivity contribution in [1.29, 1.82) is 0 Å². The van der Waals surface area contributed by atoms with Crippen LogP contribution in [-0.2, 0) is 11.0 Å². The van der Waals surface area contributed by atoms with Crippen molar-refractivity contribution in [2.24, 2.45) is 11.7 Å². The van der Waals surface area contributed by atoms with Gasteiger partial charge in [0.2, 0.25) is 5.91 Å². The molecule has 7 heteroatoms. The van der Waals surface area contributed by atoms with Crippen LogP contribution in [0.25, 0.3) is 0 Å². The van der Waals surface area contributed by atoms with Crippen molar-refractivity contribution in [3.8, 4) is 0 Å². The van der Waals surface area contributed by atoms with Gasteiger partial charge in [-0.25, -0.2) is 0 Å². The predicted molar refractivity (Wildman–Crippen MR) is 87.9 cm³/mol. The highest BCUT2D eigenvalue weighted by Crippen LogP contribution is 2.48. The Bertz CT molecular complexity index is 585. The van der Waals surface area contributed by atoms with Crippen molar-refractivity contribution < 1.29 is 18.0 Å². The summed E-state index contributed by atoms with van der Waals surface area (Å²) >= 11 is 0. The minimum absolute atomic E-state index is 0. The third kappa shape index (κ3) is 4.42. The number of nitrogens with two attached hydrogens (primary N) is 1. The molecule has 0 aromatic heterocycles. The molecule has 2 fully saturated rings. The first-order valence-corrected chi connectivity index (χ1v) is 8.07. The highest BCUT2D eigenvalue weighted by molar-refractivity contribution is 5.85. The fourth-order valence-corrected chi connectivity index (χ4v) is 3.37. The molecule has 3 rings (SSSR count). The summed E-state index contributed by atoms with van der Waals surface area (Å²) in [6, 6.07) is 5.69. The second kappa shape index (κ2) is 7.31. The molecule has 134 valence electrons. The maximum atomic E-state index is 12.8. The van der Waals surface area contributed by atoms with Crippen LogP contribution in [0.15, 0.2) is 24.3 Å².